The Labute approximate surface area is 209 Å². The van der Waals surface area contributed by atoms with Gasteiger partial charge in [0.05, 0.1) is 10.0 Å². The van der Waals surface area contributed by atoms with Crippen molar-refractivity contribution in [2.24, 2.45) is 0 Å². The maximum atomic E-state index is 12.4. The van der Waals surface area contributed by atoms with Crippen molar-refractivity contribution in [2.45, 2.75) is 0 Å². The highest BCUT2D eigenvalue weighted by molar-refractivity contribution is 6.43. The minimum atomic E-state index is -0.323. The zero-order valence-corrected chi connectivity index (χ0v) is 19.7. The number of hydrogen-bond acceptors (Lipinski definition) is 4. The van der Waals surface area contributed by atoms with Gasteiger partial charge in [0.2, 0.25) is 11.8 Å². The van der Waals surface area contributed by atoms with E-state index in [1.807, 2.05) is 18.2 Å². The minimum Gasteiger partial charge on any atom is -0.457 e. The van der Waals surface area contributed by atoms with Gasteiger partial charge in [0, 0.05) is 27.9 Å². The van der Waals surface area contributed by atoms with Crippen LogP contribution in [0.5, 0.6) is 0 Å². The van der Waals surface area contributed by atoms with E-state index in [4.69, 9.17) is 43.6 Å². The summed E-state index contributed by atoms with van der Waals surface area (Å²) in [4.78, 5) is 16.9. The van der Waals surface area contributed by atoms with Crippen LogP contribution in [0.1, 0.15) is 5.76 Å². The van der Waals surface area contributed by atoms with E-state index in [1.165, 1.54) is 6.08 Å². The second-order valence-electron chi connectivity index (χ2n) is 7.34. The van der Waals surface area contributed by atoms with Crippen LogP contribution in [0.3, 0.4) is 0 Å². The van der Waals surface area contributed by atoms with E-state index in [1.54, 1.807) is 60.7 Å². The van der Waals surface area contributed by atoms with E-state index in [9.17, 15) is 4.79 Å². The number of carbonyl (C=O) groups excluding carboxylic acids is 1. The van der Waals surface area contributed by atoms with Gasteiger partial charge in [-0.15, -0.1) is 0 Å². The molecule has 1 amide bonds. The minimum absolute atomic E-state index is 0.323. The van der Waals surface area contributed by atoms with Crippen LogP contribution < -0.4 is 5.32 Å². The van der Waals surface area contributed by atoms with Gasteiger partial charge in [-0.3, -0.25) is 4.79 Å². The molecular weight excluding hydrogens is 495 g/mol. The number of nitrogens with one attached hydrogen (secondary N) is 1. The molecule has 0 radical (unpaired) electrons. The van der Waals surface area contributed by atoms with Crippen molar-refractivity contribution in [3.63, 3.8) is 0 Å². The van der Waals surface area contributed by atoms with E-state index in [0.717, 1.165) is 5.56 Å². The third-order valence-electron chi connectivity index (χ3n) is 4.97. The lowest BCUT2D eigenvalue weighted by Gasteiger charge is -2.02. The number of nitrogens with zero attached hydrogens (tertiary/aromatic N) is 1. The number of amides is 1. The fraction of sp³-hybridized carbons (Fsp3) is 0. The van der Waals surface area contributed by atoms with Crippen LogP contribution in [0.2, 0.25) is 15.1 Å². The number of fused-ring (bicyclic) bond motifs is 1. The number of oxazole rings is 1. The van der Waals surface area contributed by atoms with E-state index < -0.39 is 0 Å². The highest BCUT2D eigenvalue weighted by atomic mass is 35.5. The second kappa shape index (κ2) is 9.39. The predicted molar refractivity (Wildman–Crippen MR) is 136 cm³/mol. The molecule has 0 saturated heterocycles. The Hall–Kier alpha value is -3.51. The molecule has 0 aliphatic heterocycles. The molecule has 5 nitrogen and oxygen atoms in total. The Bertz CT molecular complexity index is 1550. The van der Waals surface area contributed by atoms with E-state index >= 15 is 0 Å². The molecule has 168 valence electrons. The van der Waals surface area contributed by atoms with E-state index in [0.29, 0.717) is 54.8 Å². The Morgan fingerprint density at radius 2 is 1.76 bits per heavy atom. The monoisotopic (exact) mass is 508 g/mol. The maximum absolute atomic E-state index is 12.4. The van der Waals surface area contributed by atoms with Gasteiger partial charge in [0.25, 0.3) is 0 Å². The molecule has 3 aromatic carbocycles. The first-order chi connectivity index (χ1) is 16.5. The Morgan fingerprint density at radius 1 is 0.912 bits per heavy atom. The van der Waals surface area contributed by atoms with Crippen molar-refractivity contribution in [1.82, 2.24) is 4.98 Å². The summed E-state index contributed by atoms with van der Waals surface area (Å²) in [6, 6.07) is 21.3. The number of hydrogen-bond donors (Lipinski definition) is 1. The van der Waals surface area contributed by atoms with Crippen LogP contribution in [0.25, 0.3) is 40.0 Å². The van der Waals surface area contributed by atoms with Gasteiger partial charge in [-0.2, -0.15) is 0 Å². The number of anilines is 1. The smallest absolute Gasteiger partial charge is 0.248 e. The second-order valence-corrected chi connectivity index (χ2v) is 8.56. The molecule has 5 rings (SSSR count). The molecule has 0 saturated carbocycles. The van der Waals surface area contributed by atoms with Crippen LogP contribution in [0.4, 0.5) is 5.69 Å². The molecule has 0 aliphatic rings. The lowest BCUT2D eigenvalue weighted by atomic mass is 10.2. The van der Waals surface area contributed by atoms with E-state index in [2.05, 4.69) is 10.3 Å². The molecule has 2 aromatic heterocycles. The molecule has 0 spiro atoms. The zero-order chi connectivity index (χ0) is 23.7. The highest BCUT2D eigenvalue weighted by Gasteiger charge is 2.12. The Balaban J connectivity index is 1.29. The first kappa shape index (κ1) is 22.3. The van der Waals surface area contributed by atoms with Gasteiger partial charge in [-0.05, 0) is 66.7 Å². The summed E-state index contributed by atoms with van der Waals surface area (Å²) in [7, 11) is 0. The van der Waals surface area contributed by atoms with Crippen molar-refractivity contribution in [3.8, 4) is 22.8 Å². The average molecular weight is 510 g/mol. The third kappa shape index (κ3) is 4.73. The first-order valence-corrected chi connectivity index (χ1v) is 11.3. The number of halogens is 3. The normalized spacial score (nSPS) is 11.4. The quantitative estimate of drug-likeness (QED) is 0.242. The summed E-state index contributed by atoms with van der Waals surface area (Å²) in [5.74, 6) is 1.19. The molecular formula is C26H15Cl3N2O3. The van der Waals surface area contributed by atoms with Crippen molar-refractivity contribution < 1.29 is 13.6 Å². The number of carbonyl (C=O) groups is 1. The average Bonchev–Trinajstić information content (AvgIpc) is 3.46. The molecule has 1 N–H and O–H groups in total. The largest absolute Gasteiger partial charge is 0.457 e. The highest BCUT2D eigenvalue weighted by Crippen LogP contribution is 2.34. The van der Waals surface area contributed by atoms with Crippen molar-refractivity contribution >= 4 is 63.6 Å². The summed E-state index contributed by atoms with van der Waals surface area (Å²) < 4.78 is 11.6. The van der Waals surface area contributed by atoms with Crippen LogP contribution >= 0.6 is 34.8 Å². The topological polar surface area (TPSA) is 68.3 Å². The number of benzene rings is 3. The fourth-order valence-electron chi connectivity index (χ4n) is 3.37. The SMILES string of the molecule is O=C(C=Cc1ccc(-c2cccc(Cl)c2Cl)o1)Nc1ccc2oc(-c3cccc(Cl)c3)nc2c1. The standard InChI is InChI=1S/C26H15Cl3N2O3/c27-16-4-1-3-15(13-16)26-31-21-14-17(7-10-23(21)34-26)30-24(32)12-9-18-8-11-22(33-18)19-5-2-6-20(28)25(19)29/h1-14H,(H,30,32). The molecule has 34 heavy (non-hydrogen) atoms. The van der Waals surface area contributed by atoms with Gasteiger partial charge in [0.15, 0.2) is 5.58 Å². The Kier molecular flexibility index (Phi) is 6.16. The third-order valence-corrected chi connectivity index (χ3v) is 6.02. The molecule has 0 bridgehead atoms. The fourth-order valence-corrected chi connectivity index (χ4v) is 3.96. The first-order valence-electron chi connectivity index (χ1n) is 10.2. The molecule has 2 heterocycles. The molecule has 0 aliphatic carbocycles. The van der Waals surface area contributed by atoms with E-state index in [-0.39, 0.29) is 5.91 Å². The van der Waals surface area contributed by atoms with Crippen LogP contribution in [-0.2, 0) is 4.79 Å². The van der Waals surface area contributed by atoms with Gasteiger partial charge in [0.1, 0.15) is 17.0 Å². The molecule has 0 atom stereocenters. The number of furan rings is 1. The van der Waals surface area contributed by atoms with Crippen LogP contribution in [0.15, 0.2) is 87.7 Å². The zero-order valence-electron chi connectivity index (χ0n) is 17.4. The van der Waals surface area contributed by atoms with Crippen LogP contribution in [-0.4, -0.2) is 10.9 Å². The summed E-state index contributed by atoms with van der Waals surface area (Å²) in [5.41, 5.74) is 3.25. The van der Waals surface area contributed by atoms with Gasteiger partial charge >= 0.3 is 0 Å². The van der Waals surface area contributed by atoms with Gasteiger partial charge in [-0.25, -0.2) is 4.98 Å². The summed E-state index contributed by atoms with van der Waals surface area (Å²) in [6.45, 7) is 0. The van der Waals surface area contributed by atoms with Gasteiger partial charge < -0.3 is 14.2 Å². The number of rotatable bonds is 5. The summed E-state index contributed by atoms with van der Waals surface area (Å²) in [6.07, 6.45) is 2.95. The summed E-state index contributed by atoms with van der Waals surface area (Å²) in [5, 5.41) is 4.26. The predicted octanol–water partition coefficient (Wildman–Crippen LogP) is 8.37. The maximum Gasteiger partial charge on any atom is 0.248 e. The Morgan fingerprint density at radius 3 is 2.62 bits per heavy atom. The molecule has 8 heteroatoms. The molecule has 0 fully saturated rings. The lowest BCUT2D eigenvalue weighted by molar-refractivity contribution is -0.111. The van der Waals surface area contributed by atoms with Crippen molar-refractivity contribution in [3.05, 3.63) is 99.7 Å². The summed E-state index contributed by atoms with van der Waals surface area (Å²) >= 11 is 18.4. The van der Waals surface area contributed by atoms with Gasteiger partial charge in [-0.1, -0.05) is 46.9 Å². The molecule has 0 unspecified atom stereocenters. The molecule has 5 aromatic rings. The van der Waals surface area contributed by atoms with Crippen LogP contribution in [0, 0.1) is 0 Å². The lowest BCUT2D eigenvalue weighted by Crippen LogP contribution is -2.07. The van der Waals surface area contributed by atoms with Crippen molar-refractivity contribution in [1.29, 1.82) is 0 Å². The number of aromatic nitrogens is 1. The van der Waals surface area contributed by atoms with Crippen molar-refractivity contribution in [2.75, 3.05) is 5.32 Å².